The van der Waals surface area contributed by atoms with Gasteiger partial charge in [0.1, 0.15) is 5.56 Å². The average molecular weight is 285 g/mol. The summed E-state index contributed by atoms with van der Waals surface area (Å²) < 4.78 is 1.25. The Morgan fingerprint density at radius 2 is 2.00 bits per heavy atom. The monoisotopic (exact) mass is 284 g/mol. The van der Waals surface area contributed by atoms with Crippen molar-refractivity contribution in [3.63, 3.8) is 0 Å². The zero-order valence-corrected chi connectivity index (χ0v) is 11.3. The number of ketones is 1. The number of aromatic nitrogens is 2. The molecule has 1 aromatic heterocycles. The molecule has 0 aliphatic heterocycles. The van der Waals surface area contributed by atoms with Gasteiger partial charge in [0, 0.05) is 23.3 Å². The van der Waals surface area contributed by atoms with Gasteiger partial charge < -0.3 is 0 Å². The maximum absolute atomic E-state index is 12.3. The van der Waals surface area contributed by atoms with E-state index in [4.69, 9.17) is 23.2 Å². The molecule has 0 atom stereocenters. The molecule has 0 radical (unpaired) electrons. The fraction of sp³-hybridized carbons (Fsp3) is 0.167. The molecule has 0 aliphatic rings. The summed E-state index contributed by atoms with van der Waals surface area (Å²) in [5.41, 5.74) is 0.433. The highest BCUT2D eigenvalue weighted by Gasteiger charge is 2.21. The number of nitrogens with zero attached hydrogens (tertiary/aromatic N) is 1. The number of benzene rings is 1. The van der Waals surface area contributed by atoms with E-state index < -0.39 is 5.78 Å². The summed E-state index contributed by atoms with van der Waals surface area (Å²) >= 11 is 11.8. The lowest BCUT2D eigenvalue weighted by atomic mass is 10.0. The molecule has 4 nitrogen and oxygen atoms in total. The third kappa shape index (κ3) is 2.09. The molecule has 0 saturated heterocycles. The second-order valence-corrected chi connectivity index (χ2v) is 4.77. The SMILES string of the molecule is Cc1[nH]n(C)c(=O)c1C(=O)c1cc(Cl)ccc1Cl. The van der Waals surface area contributed by atoms with Crippen LogP contribution in [0.25, 0.3) is 0 Å². The quantitative estimate of drug-likeness (QED) is 0.862. The zero-order valence-electron chi connectivity index (χ0n) is 9.75. The number of carbonyl (C=O) groups is 1. The lowest BCUT2D eigenvalue weighted by molar-refractivity contribution is 0.103. The van der Waals surface area contributed by atoms with E-state index in [9.17, 15) is 9.59 Å². The van der Waals surface area contributed by atoms with Crippen LogP contribution in [-0.2, 0) is 7.05 Å². The first kappa shape index (κ1) is 12.9. The van der Waals surface area contributed by atoms with Crippen LogP contribution in [0.5, 0.6) is 0 Å². The van der Waals surface area contributed by atoms with Crippen molar-refractivity contribution in [2.75, 3.05) is 0 Å². The third-order valence-electron chi connectivity index (χ3n) is 2.63. The van der Waals surface area contributed by atoms with Crippen LogP contribution < -0.4 is 5.56 Å². The van der Waals surface area contributed by atoms with Crippen molar-refractivity contribution < 1.29 is 4.79 Å². The van der Waals surface area contributed by atoms with E-state index in [0.717, 1.165) is 0 Å². The zero-order chi connectivity index (χ0) is 13.4. The predicted molar refractivity (Wildman–Crippen MR) is 70.7 cm³/mol. The van der Waals surface area contributed by atoms with Gasteiger partial charge in [0.15, 0.2) is 0 Å². The first-order valence-electron chi connectivity index (χ1n) is 5.17. The van der Waals surface area contributed by atoms with Gasteiger partial charge in [-0.2, -0.15) is 0 Å². The molecule has 0 aliphatic carbocycles. The predicted octanol–water partition coefficient (Wildman–Crippen LogP) is 2.56. The standard InChI is InChI=1S/C12H10Cl2N2O2/c1-6-10(12(18)16(2)15-6)11(17)8-5-7(13)3-4-9(8)14/h3-5,15H,1-2H3. The lowest BCUT2D eigenvalue weighted by Gasteiger charge is -2.02. The second kappa shape index (κ2) is 4.63. The van der Waals surface area contributed by atoms with E-state index in [1.54, 1.807) is 20.0 Å². The minimum atomic E-state index is -0.429. The van der Waals surface area contributed by atoms with Crippen molar-refractivity contribution in [2.24, 2.45) is 7.05 Å². The van der Waals surface area contributed by atoms with E-state index in [-0.39, 0.29) is 21.7 Å². The Hall–Kier alpha value is -1.52. The van der Waals surface area contributed by atoms with Crippen molar-refractivity contribution >= 4 is 29.0 Å². The second-order valence-electron chi connectivity index (χ2n) is 3.93. The van der Waals surface area contributed by atoms with Crippen molar-refractivity contribution in [2.45, 2.75) is 6.92 Å². The van der Waals surface area contributed by atoms with Gasteiger partial charge in [0.2, 0.25) is 5.78 Å². The number of carbonyl (C=O) groups excluding carboxylic acids is 1. The first-order valence-corrected chi connectivity index (χ1v) is 5.92. The van der Waals surface area contributed by atoms with Crippen molar-refractivity contribution in [3.8, 4) is 0 Å². The Balaban J connectivity index is 2.62. The Morgan fingerprint density at radius 1 is 1.33 bits per heavy atom. The topological polar surface area (TPSA) is 54.9 Å². The van der Waals surface area contributed by atoms with E-state index in [2.05, 4.69) is 5.10 Å². The van der Waals surface area contributed by atoms with E-state index in [1.807, 2.05) is 0 Å². The summed E-state index contributed by atoms with van der Waals surface area (Å²) in [4.78, 5) is 24.1. The Labute approximate surface area is 113 Å². The average Bonchev–Trinajstić information content (AvgIpc) is 2.56. The molecular formula is C12H10Cl2N2O2. The van der Waals surface area contributed by atoms with Crippen LogP contribution in [0.15, 0.2) is 23.0 Å². The molecule has 2 rings (SSSR count). The molecular weight excluding hydrogens is 275 g/mol. The summed E-state index contributed by atoms with van der Waals surface area (Å²) in [6.07, 6.45) is 0. The molecule has 0 unspecified atom stereocenters. The Bertz CT molecular complexity index is 686. The molecule has 18 heavy (non-hydrogen) atoms. The smallest absolute Gasteiger partial charge is 0.277 e. The Morgan fingerprint density at radius 3 is 2.56 bits per heavy atom. The fourth-order valence-electron chi connectivity index (χ4n) is 1.76. The van der Waals surface area contributed by atoms with E-state index in [0.29, 0.717) is 10.7 Å². The van der Waals surface area contributed by atoms with Crippen LogP contribution in [-0.4, -0.2) is 15.6 Å². The van der Waals surface area contributed by atoms with Crippen LogP contribution in [0.3, 0.4) is 0 Å². The van der Waals surface area contributed by atoms with Crippen molar-refractivity contribution in [1.29, 1.82) is 0 Å². The van der Waals surface area contributed by atoms with Crippen LogP contribution in [0.1, 0.15) is 21.6 Å². The minimum absolute atomic E-state index is 0.0849. The van der Waals surface area contributed by atoms with Crippen LogP contribution in [0.4, 0.5) is 0 Å². The normalized spacial score (nSPS) is 10.7. The summed E-state index contributed by atoms with van der Waals surface area (Å²) in [5, 5.41) is 3.43. The largest absolute Gasteiger partial charge is 0.299 e. The molecule has 0 saturated carbocycles. The van der Waals surface area contributed by atoms with Crippen molar-refractivity contribution in [1.82, 2.24) is 9.78 Å². The van der Waals surface area contributed by atoms with Gasteiger partial charge in [0.05, 0.1) is 5.02 Å². The highest BCUT2D eigenvalue weighted by atomic mass is 35.5. The molecule has 1 N–H and O–H groups in total. The number of rotatable bonds is 2. The number of halogens is 2. The summed E-state index contributed by atoms with van der Waals surface area (Å²) in [7, 11) is 1.55. The third-order valence-corrected chi connectivity index (χ3v) is 3.19. The van der Waals surface area contributed by atoms with Gasteiger partial charge in [-0.25, -0.2) is 0 Å². The van der Waals surface area contributed by atoms with Crippen LogP contribution in [0.2, 0.25) is 10.0 Å². The van der Waals surface area contributed by atoms with E-state index >= 15 is 0 Å². The highest BCUT2D eigenvalue weighted by molar-refractivity contribution is 6.36. The van der Waals surface area contributed by atoms with Crippen molar-refractivity contribution in [3.05, 3.63) is 55.4 Å². The maximum Gasteiger partial charge on any atom is 0.277 e. The number of aryl methyl sites for hydroxylation is 2. The summed E-state index contributed by atoms with van der Waals surface area (Å²) in [6, 6.07) is 4.57. The van der Waals surface area contributed by atoms with Crippen LogP contribution >= 0.6 is 23.2 Å². The maximum atomic E-state index is 12.3. The van der Waals surface area contributed by atoms with Gasteiger partial charge in [-0.15, -0.1) is 0 Å². The van der Waals surface area contributed by atoms with Gasteiger partial charge in [-0.1, -0.05) is 23.2 Å². The van der Waals surface area contributed by atoms with Gasteiger partial charge in [-0.05, 0) is 25.1 Å². The van der Waals surface area contributed by atoms with Gasteiger partial charge >= 0.3 is 0 Å². The molecule has 0 bridgehead atoms. The Kier molecular flexibility index (Phi) is 3.32. The molecule has 94 valence electrons. The highest BCUT2D eigenvalue weighted by Crippen LogP contribution is 2.23. The molecule has 6 heteroatoms. The molecule has 0 spiro atoms. The number of aromatic amines is 1. The van der Waals surface area contributed by atoms with Gasteiger partial charge in [0.25, 0.3) is 5.56 Å². The molecule has 2 aromatic rings. The first-order chi connectivity index (χ1) is 8.41. The molecule has 1 aromatic carbocycles. The minimum Gasteiger partial charge on any atom is -0.299 e. The summed E-state index contributed by atoms with van der Waals surface area (Å²) in [6.45, 7) is 1.66. The van der Waals surface area contributed by atoms with Crippen LogP contribution in [0, 0.1) is 6.92 Å². The summed E-state index contributed by atoms with van der Waals surface area (Å²) in [5.74, 6) is -0.429. The molecule has 0 fully saturated rings. The molecule has 1 heterocycles. The number of H-pyrrole nitrogens is 1. The molecule has 0 amide bonds. The lowest BCUT2D eigenvalue weighted by Crippen LogP contribution is -2.19. The van der Waals surface area contributed by atoms with E-state index in [1.165, 1.54) is 16.8 Å². The fourth-order valence-corrected chi connectivity index (χ4v) is 2.14. The van der Waals surface area contributed by atoms with Gasteiger partial charge in [-0.3, -0.25) is 19.4 Å². The number of hydrogen-bond acceptors (Lipinski definition) is 2. The number of nitrogens with one attached hydrogen (secondary N) is 1. The number of hydrogen-bond donors (Lipinski definition) is 1.